The molecule has 0 amide bonds. The zero-order chi connectivity index (χ0) is 27.4. The largest absolute Gasteiger partial charge is 0.507 e. The van der Waals surface area contributed by atoms with E-state index in [9.17, 15) is 33.9 Å². The average Bonchev–Trinajstić information content (AvgIpc) is 2.78. The number of carbonyl (C=O) groups is 6. The molecule has 0 bridgehead atoms. The van der Waals surface area contributed by atoms with Crippen LogP contribution in [0.3, 0.4) is 0 Å². The summed E-state index contributed by atoms with van der Waals surface area (Å²) in [4.78, 5) is 72.7. The first-order chi connectivity index (χ1) is 17.4. The number of phenolic OH excluding ortho intramolecular Hbond substituents is 1. The van der Waals surface area contributed by atoms with Crippen LogP contribution in [0.2, 0.25) is 0 Å². The second kappa shape index (κ2) is 11.2. The number of Topliss-reactive ketones (excluding diaryl/α,β-unsaturated/α-hetero) is 1. The molecule has 1 fully saturated rings. The summed E-state index contributed by atoms with van der Waals surface area (Å²) in [6.07, 6.45) is -6.70. The number of allylic oxidation sites excluding steroid dienone is 2. The van der Waals surface area contributed by atoms with E-state index in [2.05, 4.69) is 0 Å². The van der Waals surface area contributed by atoms with Crippen molar-refractivity contribution in [1.82, 2.24) is 0 Å². The zero-order valence-electron chi connectivity index (χ0n) is 20.2. The number of fused-ring (bicyclic) bond motifs is 1. The van der Waals surface area contributed by atoms with Gasteiger partial charge in [-0.2, -0.15) is 0 Å². The molecule has 1 aliphatic carbocycles. The third-order valence-electron chi connectivity index (χ3n) is 5.21. The quantitative estimate of drug-likeness (QED) is 0.394. The molecule has 1 aromatic carbocycles. The first kappa shape index (κ1) is 27.3. The van der Waals surface area contributed by atoms with Crippen molar-refractivity contribution in [3.63, 3.8) is 0 Å². The van der Waals surface area contributed by atoms with E-state index >= 15 is 0 Å². The van der Waals surface area contributed by atoms with Crippen LogP contribution in [0.5, 0.6) is 5.75 Å². The molecule has 3 rings (SSSR count). The maximum atomic E-state index is 13.0. The molecule has 198 valence electrons. The van der Waals surface area contributed by atoms with Crippen molar-refractivity contribution in [2.45, 2.75) is 58.4 Å². The lowest BCUT2D eigenvalue weighted by Gasteiger charge is -2.44. The Morgan fingerprint density at radius 3 is 2.05 bits per heavy atom. The fourth-order valence-electron chi connectivity index (χ4n) is 3.87. The second-order valence-electron chi connectivity index (χ2n) is 8.09. The average molecular weight is 520 g/mol. The van der Waals surface area contributed by atoms with E-state index in [1.807, 2.05) is 0 Å². The van der Waals surface area contributed by atoms with E-state index in [4.69, 9.17) is 28.4 Å². The lowest BCUT2D eigenvalue weighted by molar-refractivity contribution is -0.298. The number of hydrogen-bond donors (Lipinski definition) is 1. The molecule has 1 aromatic rings. The minimum atomic E-state index is -1.69. The summed E-state index contributed by atoms with van der Waals surface area (Å²) in [6, 6.07) is 3.90. The fraction of sp³-hybridized carbons (Fsp3) is 0.417. The zero-order valence-corrected chi connectivity index (χ0v) is 20.2. The molecule has 1 saturated heterocycles. The van der Waals surface area contributed by atoms with Gasteiger partial charge in [-0.25, -0.2) is 0 Å². The van der Waals surface area contributed by atoms with Gasteiger partial charge >= 0.3 is 23.9 Å². The summed E-state index contributed by atoms with van der Waals surface area (Å²) in [5, 5.41) is 10.00. The fourth-order valence-corrected chi connectivity index (χ4v) is 3.87. The Morgan fingerprint density at radius 2 is 1.46 bits per heavy atom. The van der Waals surface area contributed by atoms with Crippen LogP contribution in [0, 0.1) is 0 Å². The number of aromatic hydroxyl groups is 1. The van der Waals surface area contributed by atoms with E-state index in [-0.39, 0.29) is 11.1 Å². The lowest BCUT2D eigenvalue weighted by Crippen LogP contribution is -2.63. The highest BCUT2D eigenvalue weighted by molar-refractivity contribution is 6.24. The molecule has 0 saturated carbocycles. The Hall–Kier alpha value is -4.26. The highest BCUT2D eigenvalue weighted by Crippen LogP contribution is 2.34. The van der Waals surface area contributed by atoms with Crippen LogP contribution in [0.15, 0.2) is 30.0 Å². The third-order valence-corrected chi connectivity index (χ3v) is 5.21. The van der Waals surface area contributed by atoms with Crippen molar-refractivity contribution < 1.29 is 62.3 Å². The van der Waals surface area contributed by atoms with Crippen molar-refractivity contribution in [1.29, 1.82) is 0 Å². The molecular weight excluding hydrogens is 496 g/mol. The van der Waals surface area contributed by atoms with E-state index < -0.39 is 84.3 Å². The highest BCUT2D eigenvalue weighted by Gasteiger charge is 2.54. The first-order valence-corrected chi connectivity index (χ1v) is 11.0. The number of ketones is 2. The SMILES string of the molecule is CC(=O)OC[C@H]1O[C@@H](OC2=CC(=O)c3c(O)cccc3C2=O)[C@H](OC(C)=O)C(OC(C)=O)[C@@H]1OC(C)=O. The third kappa shape index (κ3) is 6.30. The summed E-state index contributed by atoms with van der Waals surface area (Å²) >= 11 is 0. The van der Waals surface area contributed by atoms with Gasteiger partial charge in [0.05, 0.1) is 5.56 Å². The van der Waals surface area contributed by atoms with Crippen LogP contribution >= 0.6 is 0 Å². The van der Waals surface area contributed by atoms with Gasteiger partial charge in [-0.05, 0) is 12.1 Å². The highest BCUT2D eigenvalue weighted by atomic mass is 16.7. The number of phenols is 1. The molecule has 1 N–H and O–H groups in total. The molecule has 1 heterocycles. The Balaban J connectivity index is 2.02. The van der Waals surface area contributed by atoms with E-state index in [1.165, 1.54) is 18.2 Å². The van der Waals surface area contributed by atoms with Gasteiger partial charge in [0.25, 0.3) is 0 Å². The van der Waals surface area contributed by atoms with Crippen molar-refractivity contribution in [3.8, 4) is 5.75 Å². The van der Waals surface area contributed by atoms with Crippen molar-refractivity contribution in [2.24, 2.45) is 0 Å². The molecule has 5 atom stereocenters. The van der Waals surface area contributed by atoms with E-state index in [1.54, 1.807) is 0 Å². The predicted molar refractivity (Wildman–Crippen MR) is 118 cm³/mol. The summed E-state index contributed by atoms with van der Waals surface area (Å²) in [5.74, 6) is -5.70. The van der Waals surface area contributed by atoms with Crippen LogP contribution in [0.25, 0.3) is 0 Å². The Bertz CT molecular complexity index is 1170. The van der Waals surface area contributed by atoms with Crippen LogP contribution < -0.4 is 0 Å². The summed E-state index contributed by atoms with van der Waals surface area (Å²) < 4.78 is 32.2. The Labute approximate surface area is 210 Å². The number of carbonyl (C=O) groups excluding carboxylic acids is 6. The van der Waals surface area contributed by atoms with Gasteiger partial charge in [-0.1, -0.05) is 6.07 Å². The van der Waals surface area contributed by atoms with Crippen LogP contribution in [-0.4, -0.2) is 77.9 Å². The van der Waals surface area contributed by atoms with Gasteiger partial charge < -0.3 is 33.5 Å². The molecule has 0 radical (unpaired) electrons. The molecule has 0 spiro atoms. The van der Waals surface area contributed by atoms with E-state index in [0.717, 1.165) is 33.8 Å². The van der Waals surface area contributed by atoms with Gasteiger partial charge in [-0.15, -0.1) is 0 Å². The number of benzene rings is 1. The molecule has 13 nitrogen and oxygen atoms in total. The van der Waals surface area contributed by atoms with Crippen molar-refractivity contribution >= 4 is 35.4 Å². The summed E-state index contributed by atoms with van der Waals surface area (Å²) in [6.45, 7) is 3.78. The van der Waals surface area contributed by atoms with Gasteiger partial charge in [0, 0.05) is 39.3 Å². The Kier molecular flexibility index (Phi) is 8.28. The molecule has 0 aromatic heterocycles. The van der Waals surface area contributed by atoms with Gasteiger partial charge in [-0.3, -0.25) is 28.8 Å². The predicted octanol–water partition coefficient (Wildman–Crippen LogP) is 0.755. The molecule has 1 unspecified atom stereocenters. The summed E-state index contributed by atoms with van der Waals surface area (Å²) in [5.41, 5.74) is -0.366. The smallest absolute Gasteiger partial charge is 0.303 e. The van der Waals surface area contributed by atoms with Crippen LogP contribution in [0.1, 0.15) is 48.4 Å². The van der Waals surface area contributed by atoms with Crippen molar-refractivity contribution in [2.75, 3.05) is 6.61 Å². The molecule has 37 heavy (non-hydrogen) atoms. The van der Waals surface area contributed by atoms with Gasteiger partial charge in [0.15, 0.2) is 23.8 Å². The van der Waals surface area contributed by atoms with Gasteiger partial charge in [0.1, 0.15) is 18.5 Å². The van der Waals surface area contributed by atoms with E-state index in [0.29, 0.717) is 0 Å². The second-order valence-corrected chi connectivity index (χ2v) is 8.09. The minimum Gasteiger partial charge on any atom is -0.507 e. The van der Waals surface area contributed by atoms with Crippen LogP contribution in [0.4, 0.5) is 0 Å². The normalized spacial score (nSPS) is 24.8. The maximum Gasteiger partial charge on any atom is 0.303 e. The number of ether oxygens (including phenoxy) is 6. The molecular formula is C24H24O13. The number of hydrogen-bond acceptors (Lipinski definition) is 13. The monoisotopic (exact) mass is 520 g/mol. The van der Waals surface area contributed by atoms with Gasteiger partial charge in [0.2, 0.25) is 18.2 Å². The standard InChI is InChI=1S/C24H24O13/c1-10(25)32-9-18-21(33-11(2)26)22(34-12(3)27)23(35-13(4)28)24(37-18)36-17-8-16(30)19-14(20(17)31)6-5-7-15(19)29/h5-8,18,21-24,29H,9H2,1-4H3/t18-,21-,22?,23-,24-/m1/s1. The minimum absolute atomic E-state index is 0.145. The van der Waals surface area contributed by atoms with Crippen molar-refractivity contribution in [3.05, 3.63) is 41.2 Å². The molecule has 13 heteroatoms. The Morgan fingerprint density at radius 1 is 0.865 bits per heavy atom. The molecule has 1 aliphatic heterocycles. The maximum absolute atomic E-state index is 13.0. The lowest BCUT2D eigenvalue weighted by atomic mass is 9.92. The number of esters is 4. The molecule has 2 aliphatic rings. The van der Waals surface area contributed by atoms with Crippen LogP contribution in [-0.2, 0) is 47.6 Å². The number of rotatable bonds is 7. The first-order valence-electron chi connectivity index (χ1n) is 11.0. The topological polar surface area (TPSA) is 178 Å². The summed E-state index contributed by atoms with van der Waals surface area (Å²) in [7, 11) is 0.